The molecule has 113 valence electrons. The summed E-state index contributed by atoms with van der Waals surface area (Å²) in [6.07, 6.45) is 14.6. The van der Waals surface area contributed by atoms with E-state index in [4.69, 9.17) is 0 Å². The maximum absolute atomic E-state index is 4.63. The van der Waals surface area contributed by atoms with Crippen LogP contribution in [0.3, 0.4) is 0 Å². The molecule has 0 fully saturated rings. The molecule has 2 nitrogen and oxygen atoms in total. The molecule has 20 heavy (non-hydrogen) atoms. The van der Waals surface area contributed by atoms with Gasteiger partial charge in [0.1, 0.15) is 5.82 Å². The van der Waals surface area contributed by atoms with Gasteiger partial charge in [-0.3, -0.25) is 0 Å². The van der Waals surface area contributed by atoms with Gasteiger partial charge in [0, 0.05) is 17.8 Å². The first-order valence-electron chi connectivity index (χ1n) is 8.46. The monoisotopic (exact) mass is 275 g/mol. The second-order valence-corrected chi connectivity index (χ2v) is 5.62. The topological polar surface area (TPSA) is 25.8 Å². The Bertz CT molecular complexity index is 330. The van der Waals surface area contributed by atoms with Crippen molar-refractivity contribution in [2.75, 3.05) is 0 Å². The number of unbranched alkanes of at least 4 members (excludes halogenated alkanes) is 6. The van der Waals surface area contributed by atoms with Crippen molar-refractivity contribution < 1.29 is 0 Å². The second-order valence-electron chi connectivity index (χ2n) is 5.62. The zero-order chi connectivity index (χ0) is 14.6. The Balaban J connectivity index is 2.51. The molecule has 0 aliphatic rings. The van der Waals surface area contributed by atoms with E-state index in [1.54, 1.807) is 0 Å². The van der Waals surface area contributed by atoms with Crippen molar-refractivity contribution in [3.05, 3.63) is 29.7 Å². The summed E-state index contributed by atoms with van der Waals surface area (Å²) in [5.74, 6) is 0.906. The van der Waals surface area contributed by atoms with Gasteiger partial charge in [-0.25, -0.2) is 9.97 Å². The Morgan fingerprint density at radius 3 is 1.70 bits per heavy atom. The van der Waals surface area contributed by atoms with Gasteiger partial charge in [0.15, 0.2) is 0 Å². The minimum Gasteiger partial charge on any atom is -0.238 e. The third kappa shape index (κ3) is 7.02. The first-order valence-corrected chi connectivity index (χ1v) is 8.46. The maximum Gasteiger partial charge on any atom is 0.132 e. The van der Waals surface area contributed by atoms with Crippen molar-refractivity contribution in [1.29, 1.82) is 0 Å². The fraction of sp³-hybridized carbons (Fsp3) is 0.722. The van der Waals surface area contributed by atoms with Crippen LogP contribution >= 0.6 is 0 Å². The van der Waals surface area contributed by atoms with E-state index in [9.17, 15) is 0 Å². The summed E-state index contributed by atoms with van der Waals surface area (Å²) in [7, 11) is 0. The van der Waals surface area contributed by atoms with Gasteiger partial charge in [-0.05, 0) is 31.7 Å². The fourth-order valence-corrected chi connectivity index (χ4v) is 2.43. The van der Waals surface area contributed by atoms with E-state index in [2.05, 4.69) is 29.9 Å². The number of hydrogen-bond acceptors (Lipinski definition) is 2. The molecule has 0 aliphatic carbocycles. The molecule has 1 aromatic heterocycles. The van der Waals surface area contributed by atoms with Crippen LogP contribution in [0.2, 0.25) is 0 Å². The molecule has 0 amide bonds. The summed E-state index contributed by atoms with van der Waals surface area (Å²) in [5.41, 5.74) is 2.46. The fourth-order valence-electron chi connectivity index (χ4n) is 2.43. The molecular weight excluding hydrogens is 244 g/mol. The van der Waals surface area contributed by atoms with Crippen LogP contribution in [-0.2, 0) is 12.8 Å². The molecule has 1 aromatic rings. The van der Waals surface area contributed by atoms with E-state index in [1.807, 2.05) is 13.3 Å². The molecule has 1 rings (SSSR count). The van der Waals surface area contributed by atoms with E-state index >= 15 is 0 Å². The number of hydrogen-bond donors (Lipinski definition) is 0. The van der Waals surface area contributed by atoms with Gasteiger partial charge in [0.2, 0.25) is 0 Å². The lowest BCUT2D eigenvalue weighted by Gasteiger charge is -2.07. The molecule has 0 aliphatic heterocycles. The van der Waals surface area contributed by atoms with E-state index in [0.29, 0.717) is 0 Å². The van der Waals surface area contributed by atoms with Crippen LogP contribution in [0.5, 0.6) is 0 Å². The SMILES string of the molecule is C[CH]c1nc(CCCCCC)cc(CCCCCC)n1. The zero-order valence-corrected chi connectivity index (χ0v) is 13.6. The van der Waals surface area contributed by atoms with Gasteiger partial charge in [0.25, 0.3) is 0 Å². The Morgan fingerprint density at radius 1 is 0.800 bits per heavy atom. The Hall–Kier alpha value is -0.920. The average Bonchev–Trinajstić information content (AvgIpc) is 2.48. The normalized spacial score (nSPS) is 10.9. The molecule has 2 heteroatoms. The van der Waals surface area contributed by atoms with Crippen molar-refractivity contribution in [3.8, 4) is 0 Å². The summed E-state index contributed by atoms with van der Waals surface area (Å²) in [5, 5.41) is 0. The van der Waals surface area contributed by atoms with E-state index in [0.717, 1.165) is 18.7 Å². The molecule has 0 N–H and O–H groups in total. The summed E-state index contributed by atoms with van der Waals surface area (Å²) in [6.45, 7) is 6.53. The number of nitrogens with zero attached hydrogens (tertiary/aromatic N) is 2. The molecule has 0 bridgehead atoms. The molecule has 0 spiro atoms. The lowest BCUT2D eigenvalue weighted by atomic mass is 10.1. The van der Waals surface area contributed by atoms with Crippen molar-refractivity contribution in [3.63, 3.8) is 0 Å². The second kappa shape index (κ2) is 10.8. The van der Waals surface area contributed by atoms with Crippen LogP contribution in [0.1, 0.15) is 89.4 Å². The van der Waals surface area contributed by atoms with Crippen LogP contribution in [0.4, 0.5) is 0 Å². The molecule has 1 radical (unpaired) electrons. The summed E-state index contributed by atoms with van der Waals surface area (Å²) >= 11 is 0. The Labute approximate surface area is 125 Å². The van der Waals surface area contributed by atoms with Gasteiger partial charge >= 0.3 is 0 Å². The number of aromatic nitrogens is 2. The molecular formula is C18H31N2. The smallest absolute Gasteiger partial charge is 0.132 e. The third-order valence-electron chi connectivity index (χ3n) is 3.68. The largest absolute Gasteiger partial charge is 0.238 e. The minimum atomic E-state index is 0.906. The van der Waals surface area contributed by atoms with Crippen LogP contribution in [0.25, 0.3) is 0 Å². The van der Waals surface area contributed by atoms with Crippen molar-refractivity contribution >= 4 is 0 Å². The number of aryl methyl sites for hydroxylation is 2. The zero-order valence-electron chi connectivity index (χ0n) is 13.6. The molecule has 0 unspecified atom stereocenters. The van der Waals surface area contributed by atoms with Crippen LogP contribution < -0.4 is 0 Å². The van der Waals surface area contributed by atoms with Gasteiger partial charge in [0.05, 0.1) is 0 Å². The molecule has 0 aromatic carbocycles. The van der Waals surface area contributed by atoms with Crippen LogP contribution in [-0.4, -0.2) is 9.97 Å². The highest BCUT2D eigenvalue weighted by Crippen LogP contribution is 2.12. The minimum absolute atomic E-state index is 0.906. The summed E-state index contributed by atoms with van der Waals surface area (Å²) in [6, 6.07) is 2.23. The highest BCUT2D eigenvalue weighted by Gasteiger charge is 2.04. The maximum atomic E-state index is 4.63. The van der Waals surface area contributed by atoms with Crippen molar-refractivity contribution in [2.45, 2.75) is 85.0 Å². The molecule has 0 saturated carbocycles. The van der Waals surface area contributed by atoms with Crippen molar-refractivity contribution in [1.82, 2.24) is 9.97 Å². The van der Waals surface area contributed by atoms with Crippen LogP contribution in [0, 0.1) is 6.42 Å². The van der Waals surface area contributed by atoms with E-state index in [1.165, 1.54) is 62.8 Å². The average molecular weight is 275 g/mol. The predicted molar refractivity (Wildman–Crippen MR) is 86.8 cm³/mol. The molecule has 0 atom stereocenters. The van der Waals surface area contributed by atoms with Gasteiger partial charge in [-0.15, -0.1) is 0 Å². The van der Waals surface area contributed by atoms with Crippen LogP contribution in [0.15, 0.2) is 6.07 Å². The molecule has 0 saturated heterocycles. The first kappa shape index (κ1) is 17.1. The lowest BCUT2D eigenvalue weighted by Crippen LogP contribution is -2.02. The van der Waals surface area contributed by atoms with Gasteiger partial charge in [-0.1, -0.05) is 59.3 Å². The predicted octanol–water partition coefficient (Wildman–Crippen LogP) is 5.29. The van der Waals surface area contributed by atoms with Gasteiger partial charge in [-0.2, -0.15) is 0 Å². The van der Waals surface area contributed by atoms with E-state index in [-0.39, 0.29) is 0 Å². The van der Waals surface area contributed by atoms with Crippen molar-refractivity contribution in [2.24, 2.45) is 0 Å². The molecule has 1 heterocycles. The Morgan fingerprint density at radius 2 is 1.30 bits per heavy atom. The standard InChI is InChI=1S/C18H31N2/c1-4-7-9-11-13-16-15-17(14-12-10-8-5-2)20-18(6-3)19-16/h6,15H,4-5,7-14H2,1-3H3. The van der Waals surface area contributed by atoms with Gasteiger partial charge < -0.3 is 0 Å². The lowest BCUT2D eigenvalue weighted by molar-refractivity contribution is 0.648. The number of rotatable bonds is 11. The quantitative estimate of drug-likeness (QED) is 0.512. The highest BCUT2D eigenvalue weighted by atomic mass is 14.9. The third-order valence-corrected chi connectivity index (χ3v) is 3.68. The van der Waals surface area contributed by atoms with E-state index < -0.39 is 0 Å². The summed E-state index contributed by atoms with van der Waals surface area (Å²) < 4.78 is 0. The Kier molecular flexibility index (Phi) is 9.27. The first-order chi connectivity index (χ1) is 9.80. The highest BCUT2D eigenvalue weighted by molar-refractivity contribution is 5.15. The summed E-state index contributed by atoms with van der Waals surface area (Å²) in [4.78, 5) is 9.25.